The minimum atomic E-state index is -1.11. The number of primary amides is 1. The number of halogens is 2. The number of anilines is 1. The smallest absolute Gasteiger partial charge is 0.326 e. The fraction of sp³-hybridized carbons (Fsp3) is 0.0714. The number of nitrogens with zero attached hydrogens (tertiary/aromatic N) is 1. The van der Waals surface area contributed by atoms with Gasteiger partial charge >= 0.3 is 6.03 Å². The third-order valence-corrected chi connectivity index (χ3v) is 5.08. The molecule has 2 N–H and O–H groups in total. The molecule has 1 aliphatic rings. The van der Waals surface area contributed by atoms with Gasteiger partial charge in [0.25, 0.3) is 5.91 Å². The fourth-order valence-electron chi connectivity index (χ4n) is 2.43. The van der Waals surface area contributed by atoms with Gasteiger partial charge in [-0.15, -0.1) is 11.3 Å². The number of urea groups is 1. The monoisotopic (exact) mass is 398 g/mol. The lowest BCUT2D eigenvalue weighted by Gasteiger charge is -2.12. The molecule has 2 heterocycles. The highest BCUT2D eigenvalue weighted by atomic mass is 79.9. The van der Waals surface area contributed by atoms with Crippen molar-refractivity contribution in [2.45, 2.75) is 5.92 Å². The zero-order chi connectivity index (χ0) is 16.0. The van der Waals surface area contributed by atoms with Crippen LogP contribution >= 0.6 is 38.9 Å². The molecule has 0 aliphatic carbocycles. The average molecular weight is 400 g/mol. The first kappa shape index (κ1) is 15.2. The van der Waals surface area contributed by atoms with Crippen molar-refractivity contribution in [3.8, 4) is 0 Å². The van der Waals surface area contributed by atoms with Crippen molar-refractivity contribution >= 4 is 62.3 Å². The predicted molar refractivity (Wildman–Crippen MR) is 87.6 cm³/mol. The quantitative estimate of drug-likeness (QED) is 0.619. The first-order chi connectivity index (χ1) is 10.4. The zero-order valence-corrected chi connectivity index (χ0v) is 14.0. The normalized spacial score (nSPS) is 16.7. The summed E-state index contributed by atoms with van der Waals surface area (Å²) < 4.78 is 0.777. The maximum absolute atomic E-state index is 12.7. The van der Waals surface area contributed by atoms with Gasteiger partial charge in [0.15, 0.2) is 5.78 Å². The van der Waals surface area contributed by atoms with E-state index in [1.807, 2.05) is 0 Å². The second-order valence-electron chi connectivity index (χ2n) is 4.65. The Morgan fingerprint density at radius 3 is 2.64 bits per heavy atom. The van der Waals surface area contributed by atoms with Crippen LogP contribution in [-0.4, -0.2) is 17.7 Å². The molecule has 1 atom stereocenters. The molecule has 0 spiro atoms. The van der Waals surface area contributed by atoms with Gasteiger partial charge in [0.1, 0.15) is 5.92 Å². The van der Waals surface area contributed by atoms with Crippen LogP contribution in [0.5, 0.6) is 0 Å². The van der Waals surface area contributed by atoms with E-state index in [1.165, 1.54) is 29.5 Å². The molecule has 22 heavy (non-hydrogen) atoms. The number of thiophene rings is 1. The Morgan fingerprint density at radius 1 is 1.32 bits per heavy atom. The summed E-state index contributed by atoms with van der Waals surface area (Å²) in [6.07, 6.45) is 0. The first-order valence-electron chi connectivity index (χ1n) is 6.11. The van der Waals surface area contributed by atoms with Crippen LogP contribution in [0, 0.1) is 0 Å². The topological polar surface area (TPSA) is 80.5 Å². The van der Waals surface area contributed by atoms with E-state index in [0.29, 0.717) is 21.8 Å². The molecule has 3 amide bonds. The summed E-state index contributed by atoms with van der Waals surface area (Å²) in [6.45, 7) is 0. The van der Waals surface area contributed by atoms with Gasteiger partial charge in [-0.25, -0.2) is 9.69 Å². The van der Waals surface area contributed by atoms with E-state index in [-0.39, 0.29) is 5.78 Å². The van der Waals surface area contributed by atoms with Gasteiger partial charge in [-0.2, -0.15) is 0 Å². The van der Waals surface area contributed by atoms with Crippen molar-refractivity contribution < 1.29 is 14.4 Å². The SMILES string of the molecule is NC(=O)N1C(=O)C(C(=O)c2csc(Br)c2)c2cc(Cl)ccc21. The average Bonchev–Trinajstić information content (AvgIpc) is 2.98. The van der Waals surface area contributed by atoms with E-state index >= 15 is 0 Å². The van der Waals surface area contributed by atoms with Crippen molar-refractivity contribution in [2.24, 2.45) is 5.73 Å². The lowest BCUT2D eigenvalue weighted by atomic mass is 9.93. The Kier molecular flexibility index (Phi) is 3.80. The zero-order valence-electron chi connectivity index (χ0n) is 10.9. The number of rotatable bonds is 2. The number of benzene rings is 1. The molecule has 1 aromatic heterocycles. The Labute approximate surface area is 142 Å². The van der Waals surface area contributed by atoms with E-state index in [0.717, 1.165) is 8.69 Å². The Morgan fingerprint density at radius 2 is 2.05 bits per heavy atom. The van der Waals surface area contributed by atoms with Crippen LogP contribution in [0.25, 0.3) is 0 Å². The summed E-state index contributed by atoms with van der Waals surface area (Å²) in [5.74, 6) is -2.15. The van der Waals surface area contributed by atoms with Crippen molar-refractivity contribution in [3.63, 3.8) is 0 Å². The molecule has 1 aromatic carbocycles. The highest BCUT2D eigenvalue weighted by Gasteiger charge is 2.44. The number of carbonyl (C=O) groups excluding carboxylic acids is 3. The molecule has 0 saturated heterocycles. The molecule has 0 radical (unpaired) electrons. The Bertz CT molecular complexity index is 820. The highest BCUT2D eigenvalue weighted by molar-refractivity contribution is 9.11. The summed E-state index contributed by atoms with van der Waals surface area (Å²) in [6, 6.07) is 5.28. The van der Waals surface area contributed by atoms with Crippen LogP contribution in [0.4, 0.5) is 10.5 Å². The van der Waals surface area contributed by atoms with E-state index in [1.54, 1.807) is 11.4 Å². The number of hydrogen-bond acceptors (Lipinski definition) is 4. The van der Waals surface area contributed by atoms with E-state index < -0.39 is 17.9 Å². The van der Waals surface area contributed by atoms with Crippen molar-refractivity contribution in [3.05, 3.63) is 49.6 Å². The van der Waals surface area contributed by atoms with Crippen LogP contribution < -0.4 is 10.6 Å². The number of fused-ring (bicyclic) bond motifs is 1. The van der Waals surface area contributed by atoms with Crippen molar-refractivity contribution in [1.82, 2.24) is 0 Å². The number of carbonyl (C=O) groups is 3. The highest BCUT2D eigenvalue weighted by Crippen LogP contribution is 2.41. The fourth-order valence-corrected chi connectivity index (χ4v) is 3.75. The molecule has 8 heteroatoms. The lowest BCUT2D eigenvalue weighted by molar-refractivity contribution is -0.117. The molecule has 3 rings (SSSR count). The number of amides is 3. The summed E-state index contributed by atoms with van der Waals surface area (Å²) in [5, 5.41) is 2.03. The molecule has 2 aromatic rings. The number of ketones is 1. The molecule has 5 nitrogen and oxygen atoms in total. The maximum atomic E-state index is 12.7. The standard InChI is InChI=1S/C14H8BrClN2O3S/c15-10-3-6(5-22-10)12(19)11-8-4-7(16)1-2-9(8)18(13(11)20)14(17)21/h1-5,11H,(H2,17,21). The molecule has 112 valence electrons. The number of hydrogen-bond donors (Lipinski definition) is 1. The Balaban J connectivity index is 2.12. The maximum Gasteiger partial charge on any atom is 0.326 e. The van der Waals surface area contributed by atoms with Crippen LogP contribution in [0.15, 0.2) is 33.4 Å². The van der Waals surface area contributed by atoms with E-state index in [2.05, 4.69) is 15.9 Å². The molecule has 0 fully saturated rings. The molecule has 0 saturated carbocycles. The lowest BCUT2D eigenvalue weighted by Crippen LogP contribution is -2.40. The van der Waals surface area contributed by atoms with Gasteiger partial charge in [-0.1, -0.05) is 11.6 Å². The van der Waals surface area contributed by atoms with Crippen molar-refractivity contribution in [1.29, 1.82) is 0 Å². The molecule has 1 unspecified atom stereocenters. The number of Topliss-reactive ketones (excluding diaryl/α,β-unsaturated/α-hetero) is 1. The summed E-state index contributed by atoms with van der Waals surface area (Å²) in [5.41, 5.74) is 6.35. The van der Waals surface area contributed by atoms with Crippen LogP contribution in [-0.2, 0) is 4.79 Å². The second-order valence-corrected chi connectivity index (χ2v) is 7.38. The largest absolute Gasteiger partial charge is 0.351 e. The minimum absolute atomic E-state index is 0.301. The van der Waals surface area contributed by atoms with Gasteiger partial charge in [0, 0.05) is 16.0 Å². The summed E-state index contributed by atoms with van der Waals surface area (Å²) in [7, 11) is 0. The predicted octanol–water partition coefficient (Wildman–Crippen LogP) is 3.56. The van der Waals surface area contributed by atoms with E-state index in [9.17, 15) is 14.4 Å². The second kappa shape index (κ2) is 5.49. The van der Waals surface area contributed by atoms with Crippen LogP contribution in [0.1, 0.15) is 21.8 Å². The third kappa shape index (κ3) is 2.35. The van der Waals surface area contributed by atoms with Gasteiger partial charge in [-0.05, 0) is 45.8 Å². The number of imide groups is 1. The van der Waals surface area contributed by atoms with Crippen LogP contribution in [0.3, 0.4) is 0 Å². The third-order valence-electron chi connectivity index (χ3n) is 3.34. The molecular weight excluding hydrogens is 392 g/mol. The first-order valence-corrected chi connectivity index (χ1v) is 8.16. The number of nitrogens with two attached hydrogens (primary N) is 1. The molecule has 1 aliphatic heterocycles. The summed E-state index contributed by atoms with van der Waals surface area (Å²) >= 11 is 10.6. The molecule has 0 bridgehead atoms. The summed E-state index contributed by atoms with van der Waals surface area (Å²) in [4.78, 5) is 37.5. The Hall–Kier alpha value is -1.70. The van der Waals surface area contributed by atoms with Crippen LogP contribution in [0.2, 0.25) is 5.02 Å². The van der Waals surface area contributed by atoms with Gasteiger partial charge in [0.05, 0.1) is 9.47 Å². The van der Waals surface area contributed by atoms with Gasteiger partial charge in [0.2, 0.25) is 0 Å². The van der Waals surface area contributed by atoms with Crippen molar-refractivity contribution in [2.75, 3.05) is 4.90 Å². The van der Waals surface area contributed by atoms with Gasteiger partial charge in [-0.3, -0.25) is 9.59 Å². The molecular formula is C14H8BrClN2O3S. The minimum Gasteiger partial charge on any atom is -0.351 e. The van der Waals surface area contributed by atoms with Gasteiger partial charge < -0.3 is 5.73 Å². The van der Waals surface area contributed by atoms with E-state index in [4.69, 9.17) is 17.3 Å².